The van der Waals surface area contributed by atoms with E-state index in [0.717, 1.165) is 31.2 Å². The van der Waals surface area contributed by atoms with Gasteiger partial charge in [0.05, 0.1) is 0 Å². The van der Waals surface area contributed by atoms with Crippen LogP contribution in [0.15, 0.2) is 30.3 Å². The van der Waals surface area contributed by atoms with E-state index >= 15 is 0 Å². The van der Waals surface area contributed by atoms with Crippen molar-refractivity contribution in [2.75, 3.05) is 13.6 Å². The quantitative estimate of drug-likeness (QED) is 0.636. The van der Waals surface area contributed by atoms with Gasteiger partial charge in [0.2, 0.25) is 11.8 Å². The monoisotopic (exact) mass is 417 g/mol. The van der Waals surface area contributed by atoms with Gasteiger partial charge in [-0.1, -0.05) is 30.3 Å². The molecule has 3 N–H and O–H groups in total. The van der Waals surface area contributed by atoms with Crippen molar-refractivity contribution in [3.8, 4) is 0 Å². The van der Waals surface area contributed by atoms with E-state index in [1.165, 1.54) is 0 Å². The van der Waals surface area contributed by atoms with Crippen LogP contribution in [-0.4, -0.2) is 43.1 Å². The van der Waals surface area contributed by atoms with Crippen LogP contribution in [0.4, 0.5) is 4.79 Å². The first-order valence-electron chi connectivity index (χ1n) is 10.7. The van der Waals surface area contributed by atoms with Crippen LogP contribution in [0.25, 0.3) is 0 Å². The summed E-state index contributed by atoms with van der Waals surface area (Å²) in [4.78, 5) is 36.8. The maximum atomic E-state index is 12.8. The minimum absolute atomic E-state index is 0.0712. The zero-order valence-electron chi connectivity index (χ0n) is 18.5. The average Bonchev–Trinajstić information content (AvgIpc) is 2.71. The van der Waals surface area contributed by atoms with Gasteiger partial charge >= 0.3 is 6.09 Å². The number of hydrogen-bond donors (Lipinski definition) is 3. The molecule has 0 unspecified atom stereocenters. The van der Waals surface area contributed by atoms with E-state index in [1.54, 1.807) is 7.05 Å². The van der Waals surface area contributed by atoms with Crippen molar-refractivity contribution in [1.29, 1.82) is 0 Å². The van der Waals surface area contributed by atoms with Gasteiger partial charge in [-0.2, -0.15) is 0 Å². The van der Waals surface area contributed by atoms with Crippen molar-refractivity contribution in [2.24, 2.45) is 11.8 Å². The number of amides is 3. The van der Waals surface area contributed by atoms with Crippen molar-refractivity contribution in [3.05, 3.63) is 35.9 Å². The Balaban J connectivity index is 1.80. The molecule has 0 heterocycles. The number of rotatable bonds is 7. The Bertz CT molecular complexity index is 707. The van der Waals surface area contributed by atoms with Gasteiger partial charge in [-0.25, -0.2) is 4.79 Å². The summed E-state index contributed by atoms with van der Waals surface area (Å²) >= 11 is 0. The van der Waals surface area contributed by atoms with Crippen molar-refractivity contribution in [3.63, 3.8) is 0 Å². The molecule has 1 aliphatic carbocycles. The molecule has 1 aromatic carbocycles. The molecule has 7 nitrogen and oxygen atoms in total. The van der Waals surface area contributed by atoms with Crippen molar-refractivity contribution >= 4 is 17.9 Å². The highest BCUT2D eigenvalue weighted by Crippen LogP contribution is 2.28. The van der Waals surface area contributed by atoms with Gasteiger partial charge in [0.1, 0.15) is 11.6 Å². The van der Waals surface area contributed by atoms with E-state index in [2.05, 4.69) is 16.0 Å². The summed E-state index contributed by atoms with van der Waals surface area (Å²) in [7, 11) is 1.58. The zero-order valence-corrected chi connectivity index (χ0v) is 18.5. The number of nitrogens with one attached hydrogen (secondary N) is 3. The lowest BCUT2D eigenvalue weighted by molar-refractivity contribution is -0.131. The van der Waals surface area contributed by atoms with E-state index in [1.807, 2.05) is 51.1 Å². The fraction of sp³-hybridized carbons (Fsp3) is 0.609. The topological polar surface area (TPSA) is 96.5 Å². The number of ether oxygens (including phenoxy) is 1. The molecular formula is C23H35N3O4. The highest BCUT2D eigenvalue weighted by molar-refractivity contribution is 5.88. The van der Waals surface area contributed by atoms with Gasteiger partial charge < -0.3 is 20.7 Å². The van der Waals surface area contributed by atoms with E-state index in [9.17, 15) is 14.4 Å². The van der Waals surface area contributed by atoms with Crippen LogP contribution in [0.2, 0.25) is 0 Å². The first-order valence-corrected chi connectivity index (χ1v) is 10.7. The fourth-order valence-electron chi connectivity index (χ4n) is 3.69. The summed E-state index contributed by atoms with van der Waals surface area (Å²) in [5.74, 6) is -0.0353. The molecule has 0 bridgehead atoms. The molecule has 1 aromatic rings. The smallest absolute Gasteiger partial charge is 0.407 e. The minimum Gasteiger partial charge on any atom is -0.444 e. The molecule has 2 rings (SSSR count). The molecule has 1 saturated carbocycles. The number of carbonyl (C=O) groups is 3. The Morgan fingerprint density at radius 1 is 1.07 bits per heavy atom. The molecule has 1 fully saturated rings. The van der Waals surface area contributed by atoms with Gasteiger partial charge in [-0.3, -0.25) is 9.59 Å². The number of alkyl carbamates (subject to hydrolysis) is 1. The SMILES string of the molecule is CNC(=O)[C@H](Cc1ccccc1)NC(=O)C1CCC(CNC(=O)OC(C)(C)C)CC1. The van der Waals surface area contributed by atoms with E-state index in [-0.39, 0.29) is 17.7 Å². The van der Waals surface area contributed by atoms with Crippen LogP contribution in [0, 0.1) is 11.8 Å². The van der Waals surface area contributed by atoms with Gasteiger partial charge in [-0.05, 0) is 57.9 Å². The molecule has 1 aliphatic rings. The first-order chi connectivity index (χ1) is 14.2. The number of benzene rings is 1. The van der Waals surface area contributed by atoms with Crippen LogP contribution < -0.4 is 16.0 Å². The van der Waals surface area contributed by atoms with Gasteiger partial charge in [0.15, 0.2) is 0 Å². The van der Waals surface area contributed by atoms with E-state index in [0.29, 0.717) is 18.9 Å². The van der Waals surface area contributed by atoms with Crippen LogP contribution in [-0.2, 0) is 20.7 Å². The predicted molar refractivity (Wildman–Crippen MR) is 116 cm³/mol. The molecule has 7 heteroatoms. The van der Waals surface area contributed by atoms with Crippen molar-refractivity contribution in [2.45, 2.75) is 64.5 Å². The van der Waals surface area contributed by atoms with Crippen LogP contribution in [0.1, 0.15) is 52.0 Å². The molecular weight excluding hydrogens is 382 g/mol. The fourth-order valence-corrected chi connectivity index (χ4v) is 3.69. The Morgan fingerprint density at radius 2 is 1.70 bits per heavy atom. The summed E-state index contributed by atoms with van der Waals surface area (Å²) in [6.07, 6.45) is 3.27. The molecule has 3 amide bonds. The lowest BCUT2D eigenvalue weighted by Gasteiger charge is -2.29. The lowest BCUT2D eigenvalue weighted by Crippen LogP contribution is -2.49. The Labute approximate surface area is 179 Å². The highest BCUT2D eigenvalue weighted by atomic mass is 16.6. The highest BCUT2D eigenvalue weighted by Gasteiger charge is 2.29. The Morgan fingerprint density at radius 3 is 2.27 bits per heavy atom. The van der Waals surface area contributed by atoms with Gasteiger partial charge in [0, 0.05) is 25.9 Å². The first kappa shape index (κ1) is 23.7. The van der Waals surface area contributed by atoms with Crippen LogP contribution in [0.3, 0.4) is 0 Å². The second-order valence-electron chi connectivity index (χ2n) is 8.97. The van der Waals surface area contributed by atoms with Crippen molar-refractivity contribution in [1.82, 2.24) is 16.0 Å². The molecule has 1 atom stereocenters. The van der Waals surface area contributed by atoms with Crippen molar-refractivity contribution < 1.29 is 19.1 Å². The third kappa shape index (κ3) is 8.05. The standard InChI is InChI=1S/C23H35N3O4/c1-23(2,3)30-22(29)25-15-17-10-12-18(13-11-17)20(27)26-19(21(28)24-4)14-16-8-6-5-7-9-16/h5-9,17-19H,10-15H2,1-4H3,(H,24,28)(H,25,29)(H,26,27)/t17?,18?,19-/m0/s1. The average molecular weight is 418 g/mol. The minimum atomic E-state index is -0.587. The third-order valence-corrected chi connectivity index (χ3v) is 5.31. The molecule has 0 aromatic heterocycles. The van der Waals surface area contributed by atoms with E-state index < -0.39 is 17.7 Å². The summed E-state index contributed by atoms with van der Waals surface area (Å²) in [6.45, 7) is 6.05. The molecule has 30 heavy (non-hydrogen) atoms. The second kappa shape index (κ2) is 11.0. The summed E-state index contributed by atoms with van der Waals surface area (Å²) < 4.78 is 5.26. The van der Waals surface area contributed by atoms with Crippen LogP contribution in [0.5, 0.6) is 0 Å². The Hall–Kier alpha value is -2.57. The maximum Gasteiger partial charge on any atom is 0.407 e. The molecule has 0 aliphatic heterocycles. The molecule has 166 valence electrons. The third-order valence-electron chi connectivity index (χ3n) is 5.31. The molecule has 0 spiro atoms. The van der Waals surface area contributed by atoms with Gasteiger partial charge in [-0.15, -0.1) is 0 Å². The summed E-state index contributed by atoms with van der Waals surface area (Å²) in [6, 6.07) is 9.08. The molecule has 0 radical (unpaired) electrons. The normalized spacial score (nSPS) is 20.0. The predicted octanol–water partition coefficient (Wildman–Crippen LogP) is 2.79. The number of likely N-dealkylation sites (N-methyl/N-ethyl adjacent to an activating group) is 1. The summed E-state index contributed by atoms with van der Waals surface area (Å²) in [5.41, 5.74) is 0.490. The van der Waals surface area contributed by atoms with Gasteiger partial charge in [0.25, 0.3) is 0 Å². The summed E-state index contributed by atoms with van der Waals surface area (Å²) in [5, 5.41) is 8.39. The lowest BCUT2D eigenvalue weighted by atomic mass is 9.81. The number of carbonyl (C=O) groups excluding carboxylic acids is 3. The zero-order chi connectivity index (χ0) is 22.1. The Kier molecular flexibility index (Phi) is 8.69. The largest absolute Gasteiger partial charge is 0.444 e. The van der Waals surface area contributed by atoms with E-state index in [4.69, 9.17) is 4.74 Å². The second-order valence-corrected chi connectivity index (χ2v) is 8.97. The van der Waals surface area contributed by atoms with Crippen LogP contribution >= 0.6 is 0 Å². The maximum absolute atomic E-state index is 12.8. The molecule has 0 saturated heterocycles. The number of hydrogen-bond acceptors (Lipinski definition) is 4.